The Morgan fingerprint density at radius 2 is 1.52 bits per heavy atom. The molecule has 0 saturated carbocycles. The molecule has 2 saturated heterocycles. The molecule has 6 nitrogen and oxygen atoms in total. The molecule has 23 heavy (non-hydrogen) atoms. The Hall–Kier alpha value is -1.44. The van der Waals surface area contributed by atoms with E-state index < -0.39 is 10.0 Å². The van der Waals surface area contributed by atoms with Gasteiger partial charge < -0.3 is 0 Å². The molecule has 2 fully saturated rings. The smallest absolute Gasteiger partial charge is 0.207 e. The molecule has 2 aliphatic heterocycles. The van der Waals surface area contributed by atoms with Crippen LogP contribution in [0.2, 0.25) is 5.02 Å². The van der Waals surface area contributed by atoms with Crippen LogP contribution in [-0.4, -0.2) is 39.8 Å². The van der Waals surface area contributed by atoms with E-state index in [9.17, 15) is 8.42 Å². The van der Waals surface area contributed by atoms with Gasteiger partial charge in [0.05, 0.1) is 23.3 Å². The maximum absolute atomic E-state index is 13.0. The zero-order valence-electron chi connectivity index (χ0n) is 12.4. The normalized spacial score (nSPS) is 28.1. The van der Waals surface area contributed by atoms with E-state index in [0.29, 0.717) is 9.92 Å². The zero-order chi connectivity index (χ0) is 16.0. The number of piperidine rings is 1. The molecule has 0 N–H and O–H groups in total. The van der Waals surface area contributed by atoms with E-state index in [4.69, 9.17) is 11.6 Å². The van der Waals surface area contributed by atoms with Crippen molar-refractivity contribution in [1.82, 2.24) is 19.3 Å². The van der Waals surface area contributed by atoms with Crippen LogP contribution in [0.1, 0.15) is 31.7 Å². The summed E-state index contributed by atoms with van der Waals surface area (Å²) in [6, 6.07) is 6.62. The number of hydrogen-bond acceptors (Lipinski definition) is 4. The number of hydrogen-bond donors (Lipinski definition) is 0. The number of nitrogens with zero attached hydrogens (tertiary/aromatic N) is 4. The van der Waals surface area contributed by atoms with Crippen molar-refractivity contribution in [2.75, 3.05) is 0 Å². The van der Waals surface area contributed by atoms with E-state index in [1.54, 1.807) is 45.8 Å². The minimum atomic E-state index is -3.48. The van der Waals surface area contributed by atoms with Crippen LogP contribution in [0.3, 0.4) is 0 Å². The van der Waals surface area contributed by atoms with E-state index in [2.05, 4.69) is 10.2 Å². The van der Waals surface area contributed by atoms with Crippen LogP contribution >= 0.6 is 11.6 Å². The van der Waals surface area contributed by atoms with Gasteiger partial charge in [0.25, 0.3) is 0 Å². The van der Waals surface area contributed by atoms with Crippen molar-refractivity contribution in [2.45, 2.75) is 48.7 Å². The zero-order valence-corrected chi connectivity index (χ0v) is 14.0. The summed E-state index contributed by atoms with van der Waals surface area (Å²) < 4.78 is 27.7. The molecule has 8 heteroatoms. The predicted octanol–water partition coefficient (Wildman–Crippen LogP) is 2.49. The van der Waals surface area contributed by atoms with Gasteiger partial charge in [-0.25, -0.2) is 8.42 Å². The Labute approximate surface area is 140 Å². The van der Waals surface area contributed by atoms with Gasteiger partial charge in [-0.1, -0.05) is 11.6 Å². The largest absolute Gasteiger partial charge is 0.243 e. The summed E-state index contributed by atoms with van der Waals surface area (Å²) in [5.74, 6) is 0. The molecule has 4 rings (SSSR count). The fraction of sp³-hybridized carbons (Fsp3) is 0.467. The molecule has 0 amide bonds. The number of rotatable bonds is 3. The second kappa shape index (κ2) is 5.58. The lowest BCUT2D eigenvalue weighted by molar-refractivity contribution is 0.174. The van der Waals surface area contributed by atoms with Gasteiger partial charge in [0.15, 0.2) is 0 Å². The molecule has 2 unspecified atom stereocenters. The molecule has 2 atom stereocenters. The van der Waals surface area contributed by atoms with Gasteiger partial charge in [-0.2, -0.15) is 19.3 Å². The topological polar surface area (TPSA) is 68.1 Å². The van der Waals surface area contributed by atoms with E-state index in [-0.39, 0.29) is 18.1 Å². The third kappa shape index (κ3) is 2.56. The van der Waals surface area contributed by atoms with Crippen LogP contribution < -0.4 is 0 Å². The van der Waals surface area contributed by atoms with Crippen molar-refractivity contribution < 1.29 is 8.42 Å². The SMILES string of the molecule is O=S(=O)(c1ccc(Cl)cc1)N1C2CCC1CC(n1nccn1)C2. The Morgan fingerprint density at radius 1 is 0.957 bits per heavy atom. The first-order chi connectivity index (χ1) is 11.1. The summed E-state index contributed by atoms with van der Waals surface area (Å²) in [6.07, 6.45) is 6.65. The summed E-state index contributed by atoms with van der Waals surface area (Å²) in [7, 11) is -3.48. The summed E-state index contributed by atoms with van der Waals surface area (Å²) in [5, 5.41) is 8.97. The summed E-state index contributed by atoms with van der Waals surface area (Å²) in [4.78, 5) is 2.03. The highest BCUT2D eigenvalue weighted by molar-refractivity contribution is 7.89. The van der Waals surface area contributed by atoms with Crippen molar-refractivity contribution in [1.29, 1.82) is 0 Å². The van der Waals surface area contributed by atoms with E-state index in [1.165, 1.54) is 0 Å². The average molecular weight is 353 g/mol. The van der Waals surface area contributed by atoms with Crippen molar-refractivity contribution >= 4 is 21.6 Å². The van der Waals surface area contributed by atoms with Gasteiger partial charge in [0.1, 0.15) is 0 Å². The standard InChI is InChI=1S/C15H17ClN4O2S/c16-11-1-5-15(6-2-11)23(21,22)19-12-3-4-13(19)10-14(9-12)20-17-7-8-18-20/h1-2,5-8,12-14H,3-4,9-10H2. The number of aromatic nitrogens is 3. The molecule has 3 heterocycles. The number of sulfonamides is 1. The highest BCUT2D eigenvalue weighted by atomic mass is 35.5. The lowest BCUT2D eigenvalue weighted by Gasteiger charge is -2.37. The third-order valence-corrected chi connectivity index (χ3v) is 7.06. The Morgan fingerprint density at radius 3 is 2.09 bits per heavy atom. The van der Waals surface area contributed by atoms with Crippen LogP contribution in [0.25, 0.3) is 0 Å². The summed E-state index contributed by atoms with van der Waals surface area (Å²) >= 11 is 5.87. The summed E-state index contributed by atoms with van der Waals surface area (Å²) in [5.41, 5.74) is 0. The number of fused-ring (bicyclic) bond motifs is 2. The predicted molar refractivity (Wildman–Crippen MR) is 85.6 cm³/mol. The van der Waals surface area contributed by atoms with Crippen LogP contribution in [0, 0.1) is 0 Å². The van der Waals surface area contributed by atoms with Gasteiger partial charge in [-0.3, -0.25) is 0 Å². The molecule has 0 radical (unpaired) electrons. The van der Waals surface area contributed by atoms with Crippen LogP contribution in [0.15, 0.2) is 41.6 Å². The Bertz CT molecular complexity index is 777. The van der Waals surface area contributed by atoms with Crippen molar-refractivity contribution in [3.63, 3.8) is 0 Å². The van der Waals surface area contributed by atoms with Crippen molar-refractivity contribution in [3.8, 4) is 0 Å². The maximum Gasteiger partial charge on any atom is 0.243 e. The fourth-order valence-electron chi connectivity index (χ4n) is 3.83. The minimum Gasteiger partial charge on any atom is -0.207 e. The second-order valence-electron chi connectivity index (χ2n) is 6.15. The highest BCUT2D eigenvalue weighted by Gasteiger charge is 2.47. The molecule has 2 bridgehead atoms. The minimum absolute atomic E-state index is 0.0189. The van der Waals surface area contributed by atoms with Gasteiger partial charge >= 0.3 is 0 Å². The second-order valence-corrected chi connectivity index (χ2v) is 8.43. The van der Waals surface area contributed by atoms with E-state index >= 15 is 0 Å². The van der Waals surface area contributed by atoms with Crippen LogP contribution in [-0.2, 0) is 10.0 Å². The summed E-state index contributed by atoms with van der Waals surface area (Å²) in [6.45, 7) is 0. The maximum atomic E-state index is 13.0. The van der Waals surface area contributed by atoms with Gasteiger partial charge in [0.2, 0.25) is 10.0 Å². The molecule has 0 aliphatic carbocycles. The Balaban J connectivity index is 1.62. The number of benzene rings is 1. The molecule has 0 spiro atoms. The van der Waals surface area contributed by atoms with E-state index in [1.807, 2.05) is 0 Å². The van der Waals surface area contributed by atoms with Gasteiger partial charge in [-0.05, 0) is 49.9 Å². The van der Waals surface area contributed by atoms with Crippen molar-refractivity contribution in [2.24, 2.45) is 0 Å². The molecule has 1 aromatic heterocycles. The molecular weight excluding hydrogens is 336 g/mol. The van der Waals surface area contributed by atoms with Crippen molar-refractivity contribution in [3.05, 3.63) is 41.7 Å². The van der Waals surface area contributed by atoms with E-state index in [0.717, 1.165) is 25.7 Å². The molecule has 1 aromatic carbocycles. The van der Waals surface area contributed by atoms with Gasteiger partial charge in [-0.15, -0.1) is 0 Å². The first kappa shape index (κ1) is 15.1. The molecular formula is C15H17ClN4O2S. The Kier molecular flexibility index (Phi) is 3.66. The fourth-order valence-corrected chi connectivity index (χ4v) is 5.85. The van der Waals surface area contributed by atoms with Gasteiger partial charge in [0, 0.05) is 17.1 Å². The average Bonchev–Trinajstić information content (AvgIpc) is 3.15. The first-order valence-corrected chi connectivity index (χ1v) is 9.52. The molecule has 2 aliphatic rings. The lowest BCUT2D eigenvalue weighted by Crippen LogP contribution is -2.47. The quantitative estimate of drug-likeness (QED) is 0.851. The number of halogens is 1. The van der Waals surface area contributed by atoms with Crippen LogP contribution in [0.4, 0.5) is 0 Å². The highest BCUT2D eigenvalue weighted by Crippen LogP contribution is 2.43. The first-order valence-electron chi connectivity index (χ1n) is 7.70. The third-order valence-electron chi connectivity index (χ3n) is 4.79. The molecule has 122 valence electrons. The monoisotopic (exact) mass is 352 g/mol. The van der Waals surface area contributed by atoms with Crippen LogP contribution in [0.5, 0.6) is 0 Å². The molecule has 2 aromatic rings. The lowest BCUT2D eigenvalue weighted by atomic mass is 10.0.